The molecule has 0 spiro atoms. The predicted octanol–water partition coefficient (Wildman–Crippen LogP) is 3.71. The number of fused-ring (bicyclic) bond motifs is 3. The first-order chi connectivity index (χ1) is 12.4. The van der Waals surface area contributed by atoms with Crippen molar-refractivity contribution in [1.82, 2.24) is 9.88 Å². The van der Waals surface area contributed by atoms with Crippen molar-refractivity contribution in [2.24, 2.45) is 0 Å². The molecule has 0 amide bonds. The van der Waals surface area contributed by atoms with Gasteiger partial charge in [0, 0.05) is 18.2 Å². The fraction of sp³-hybridized carbons (Fsp3) is 0.429. The number of hydrogen-bond donors (Lipinski definition) is 2. The Morgan fingerprint density at radius 2 is 2.00 bits per heavy atom. The van der Waals surface area contributed by atoms with Crippen LogP contribution in [0.4, 0.5) is 0 Å². The van der Waals surface area contributed by atoms with Gasteiger partial charge in [-0.05, 0) is 43.9 Å². The molecule has 2 N–H and O–H groups in total. The number of rotatable bonds is 8. The van der Waals surface area contributed by atoms with Crippen molar-refractivity contribution in [2.75, 3.05) is 20.3 Å². The van der Waals surface area contributed by atoms with E-state index < -0.39 is 0 Å². The van der Waals surface area contributed by atoms with Crippen LogP contribution in [0.15, 0.2) is 48.6 Å². The molecule has 1 unspecified atom stereocenters. The Bertz CT molecular complexity index is 746. The summed E-state index contributed by atoms with van der Waals surface area (Å²) >= 11 is 0. The summed E-state index contributed by atoms with van der Waals surface area (Å²) < 4.78 is 7.80. The summed E-state index contributed by atoms with van der Waals surface area (Å²) in [6.45, 7) is 1.73. The van der Waals surface area contributed by atoms with Crippen LogP contribution in [0.2, 0.25) is 0 Å². The van der Waals surface area contributed by atoms with Gasteiger partial charge in [-0.15, -0.1) is 0 Å². The number of hydrogen-bond acceptors (Lipinski definition) is 3. The second-order valence-electron chi connectivity index (χ2n) is 6.42. The molecule has 0 radical (unpaired) electrons. The number of aromatic nitrogens is 1. The van der Waals surface area contributed by atoms with Crippen LogP contribution in [0.25, 0.3) is 10.9 Å². The normalized spacial score (nSPS) is 17.8. The maximum Gasteiger partial charge on any atom is 0.122 e. The third-order valence-corrected chi connectivity index (χ3v) is 4.78. The van der Waals surface area contributed by atoms with E-state index in [1.165, 1.54) is 22.2 Å². The molecule has 0 saturated heterocycles. The molecule has 2 heterocycles. The van der Waals surface area contributed by atoms with Crippen molar-refractivity contribution in [2.45, 2.75) is 38.5 Å². The average molecular weight is 340 g/mol. The van der Waals surface area contributed by atoms with Crippen LogP contribution in [0, 0.1) is 0 Å². The third kappa shape index (κ3) is 4.03. The van der Waals surface area contributed by atoms with Crippen LogP contribution in [0.3, 0.4) is 0 Å². The summed E-state index contributed by atoms with van der Waals surface area (Å²) in [4.78, 5) is 0. The van der Waals surface area contributed by atoms with E-state index >= 15 is 0 Å². The maximum absolute atomic E-state index is 8.74. The van der Waals surface area contributed by atoms with E-state index in [4.69, 9.17) is 9.84 Å². The second-order valence-corrected chi connectivity index (χ2v) is 6.42. The van der Waals surface area contributed by atoms with E-state index in [2.05, 4.69) is 46.3 Å². The van der Waals surface area contributed by atoms with Crippen molar-refractivity contribution in [3.8, 4) is 0 Å². The summed E-state index contributed by atoms with van der Waals surface area (Å²) in [6, 6.07) is 8.97. The number of unbranched alkanes of at least 4 members (excludes halogenated alkanes) is 1. The van der Waals surface area contributed by atoms with Crippen molar-refractivity contribution < 1.29 is 9.84 Å². The van der Waals surface area contributed by atoms with Crippen molar-refractivity contribution >= 4 is 10.9 Å². The van der Waals surface area contributed by atoms with Gasteiger partial charge in [-0.2, -0.15) is 0 Å². The topological polar surface area (TPSA) is 46.4 Å². The van der Waals surface area contributed by atoms with Gasteiger partial charge in [0.2, 0.25) is 0 Å². The van der Waals surface area contributed by atoms with Gasteiger partial charge in [0.25, 0.3) is 0 Å². The van der Waals surface area contributed by atoms with E-state index in [1.54, 1.807) is 13.2 Å². The Hall–Kier alpha value is -1.88. The molecule has 134 valence electrons. The highest BCUT2D eigenvalue weighted by Gasteiger charge is 2.26. The Morgan fingerprint density at radius 1 is 1.20 bits per heavy atom. The highest BCUT2D eigenvalue weighted by molar-refractivity contribution is 5.86. The minimum Gasteiger partial charge on any atom is -0.392 e. The Labute approximate surface area is 149 Å². The molecule has 0 aliphatic carbocycles. The van der Waals surface area contributed by atoms with Gasteiger partial charge in [-0.3, -0.25) is 0 Å². The number of allylic oxidation sites excluding steroid dienone is 2. The molecule has 2 aromatic rings. The van der Waals surface area contributed by atoms with Gasteiger partial charge in [0.05, 0.1) is 18.2 Å². The van der Waals surface area contributed by atoms with Gasteiger partial charge in [-0.1, -0.05) is 42.5 Å². The van der Waals surface area contributed by atoms with Gasteiger partial charge in [0.15, 0.2) is 0 Å². The largest absolute Gasteiger partial charge is 0.392 e. The molecular formula is C21H28N2O2. The lowest BCUT2D eigenvalue weighted by Crippen LogP contribution is -2.31. The summed E-state index contributed by atoms with van der Waals surface area (Å²) in [5.74, 6) is 0. The molecule has 1 aromatic heterocycles. The van der Waals surface area contributed by atoms with E-state index in [0.29, 0.717) is 12.8 Å². The number of ether oxygens (including phenoxy) is 1. The fourth-order valence-electron chi connectivity index (χ4n) is 3.72. The maximum atomic E-state index is 8.74. The smallest absolute Gasteiger partial charge is 0.122 e. The molecule has 1 aromatic carbocycles. The van der Waals surface area contributed by atoms with Crippen LogP contribution in [0.5, 0.6) is 0 Å². The summed E-state index contributed by atoms with van der Waals surface area (Å²) in [5, 5.41) is 13.8. The van der Waals surface area contributed by atoms with Gasteiger partial charge < -0.3 is 19.7 Å². The first-order valence-electron chi connectivity index (χ1n) is 9.10. The lowest BCUT2D eigenvalue weighted by molar-refractivity contribution is 0.130. The summed E-state index contributed by atoms with van der Waals surface area (Å²) in [5.41, 5.74) is 4.11. The van der Waals surface area contributed by atoms with Crippen LogP contribution in [0.1, 0.15) is 36.6 Å². The van der Waals surface area contributed by atoms with Crippen LogP contribution in [-0.4, -0.2) is 29.9 Å². The Morgan fingerprint density at radius 3 is 2.80 bits per heavy atom. The number of nitrogens with zero attached hydrogens (tertiary/aromatic N) is 1. The number of methoxy groups -OCH3 is 1. The number of benzene rings is 1. The highest BCUT2D eigenvalue weighted by Crippen LogP contribution is 2.34. The SMILES string of the molecule is COCn1c2c(c3ccccc31)CCNC2CC=CCCC=CCO. The van der Waals surface area contributed by atoms with Gasteiger partial charge in [-0.25, -0.2) is 0 Å². The monoisotopic (exact) mass is 340 g/mol. The number of nitrogens with one attached hydrogen (secondary N) is 1. The standard InChI is InChI=1S/C21H28N2O2/c1-25-16-23-20-12-8-7-10-17(20)18-13-14-22-19(21(18)23)11-6-4-2-3-5-9-15-24/h4-10,12,19,22,24H,2-3,11,13-16H2,1H3. The van der Waals surface area contributed by atoms with E-state index in [9.17, 15) is 0 Å². The Balaban J connectivity index is 1.79. The van der Waals surface area contributed by atoms with Crippen LogP contribution < -0.4 is 5.32 Å². The summed E-state index contributed by atoms with van der Waals surface area (Å²) in [6.07, 6.45) is 12.4. The fourth-order valence-corrected chi connectivity index (χ4v) is 3.72. The van der Waals surface area contributed by atoms with Crippen molar-refractivity contribution in [1.29, 1.82) is 0 Å². The molecule has 3 rings (SSSR count). The second kappa shape index (κ2) is 8.99. The van der Waals surface area contributed by atoms with E-state index in [-0.39, 0.29) is 6.61 Å². The van der Waals surface area contributed by atoms with E-state index in [1.807, 2.05) is 6.08 Å². The zero-order valence-corrected chi connectivity index (χ0v) is 14.9. The first kappa shape index (κ1) is 17.9. The molecule has 0 bridgehead atoms. The molecule has 4 heteroatoms. The van der Waals surface area contributed by atoms with Crippen molar-refractivity contribution in [3.05, 3.63) is 59.8 Å². The zero-order valence-electron chi connectivity index (χ0n) is 14.9. The molecule has 1 aliphatic rings. The quantitative estimate of drug-likeness (QED) is 0.569. The third-order valence-electron chi connectivity index (χ3n) is 4.78. The zero-order chi connectivity index (χ0) is 17.5. The molecule has 1 aliphatic heterocycles. The first-order valence-corrected chi connectivity index (χ1v) is 9.10. The summed E-state index contributed by atoms with van der Waals surface area (Å²) in [7, 11) is 1.76. The average Bonchev–Trinajstić information content (AvgIpc) is 2.96. The highest BCUT2D eigenvalue weighted by atomic mass is 16.5. The minimum atomic E-state index is 0.128. The molecule has 4 nitrogen and oxygen atoms in total. The Kier molecular flexibility index (Phi) is 6.45. The molecule has 0 fully saturated rings. The van der Waals surface area contributed by atoms with E-state index in [0.717, 1.165) is 32.2 Å². The molecule has 25 heavy (non-hydrogen) atoms. The van der Waals surface area contributed by atoms with Gasteiger partial charge >= 0.3 is 0 Å². The molecular weight excluding hydrogens is 312 g/mol. The lowest BCUT2D eigenvalue weighted by atomic mass is 9.97. The molecule has 0 saturated carbocycles. The minimum absolute atomic E-state index is 0.128. The van der Waals surface area contributed by atoms with Gasteiger partial charge in [0.1, 0.15) is 6.73 Å². The number of para-hydroxylation sites is 1. The number of aliphatic hydroxyl groups is 1. The lowest BCUT2D eigenvalue weighted by Gasteiger charge is -2.26. The number of aliphatic hydroxyl groups excluding tert-OH is 1. The van der Waals surface area contributed by atoms with Crippen LogP contribution >= 0.6 is 0 Å². The van der Waals surface area contributed by atoms with Crippen LogP contribution in [-0.2, 0) is 17.9 Å². The predicted molar refractivity (Wildman–Crippen MR) is 103 cm³/mol. The van der Waals surface area contributed by atoms with Crippen molar-refractivity contribution in [3.63, 3.8) is 0 Å². The molecule has 1 atom stereocenters.